The highest BCUT2D eigenvalue weighted by Crippen LogP contribution is 2.42. The molecule has 0 aromatic rings. The van der Waals surface area contributed by atoms with Gasteiger partial charge in [0.25, 0.3) is 0 Å². The first-order chi connectivity index (χ1) is 8.73. The molecule has 0 amide bonds. The van der Waals surface area contributed by atoms with Gasteiger partial charge in [-0.1, -0.05) is 20.8 Å². The summed E-state index contributed by atoms with van der Waals surface area (Å²) in [6, 6.07) is 0. The average molecular weight is 269 g/mol. The fraction of sp³-hybridized carbons (Fsp3) is 0.933. The Balaban J connectivity index is 1.92. The van der Waals surface area contributed by atoms with Crippen LogP contribution < -0.4 is 5.73 Å². The molecule has 110 valence electrons. The van der Waals surface area contributed by atoms with E-state index in [0.29, 0.717) is 5.92 Å². The molecule has 3 atom stereocenters. The highest BCUT2D eigenvalue weighted by molar-refractivity contribution is 5.79. The van der Waals surface area contributed by atoms with E-state index in [2.05, 4.69) is 20.8 Å². The third kappa shape index (κ3) is 3.48. The number of aliphatic carboxylic acids is 1. The molecule has 19 heavy (non-hydrogen) atoms. The standard InChI is InChI=1S/C15H27NO3/c1-10-6-12(8-14(2,3)7-10)19-9-15(16,13(17)18)11-4-5-11/h10-12H,4-9,16H2,1-3H3,(H,17,18). The lowest BCUT2D eigenvalue weighted by atomic mass is 9.71. The lowest BCUT2D eigenvalue weighted by Gasteiger charge is -2.39. The summed E-state index contributed by atoms with van der Waals surface area (Å²) in [5.41, 5.74) is 5.15. The van der Waals surface area contributed by atoms with Crippen molar-refractivity contribution in [1.29, 1.82) is 0 Å². The quantitative estimate of drug-likeness (QED) is 0.804. The van der Waals surface area contributed by atoms with Crippen molar-refractivity contribution in [1.82, 2.24) is 0 Å². The molecule has 2 saturated carbocycles. The fourth-order valence-electron chi connectivity index (χ4n) is 3.59. The maximum Gasteiger partial charge on any atom is 0.326 e. The minimum Gasteiger partial charge on any atom is -0.480 e. The van der Waals surface area contributed by atoms with E-state index in [-0.39, 0.29) is 24.0 Å². The number of carboxylic acid groups (broad SMARTS) is 1. The lowest BCUT2D eigenvalue weighted by molar-refractivity contribution is -0.149. The fourth-order valence-corrected chi connectivity index (χ4v) is 3.59. The molecule has 4 heteroatoms. The van der Waals surface area contributed by atoms with Crippen molar-refractivity contribution in [2.75, 3.05) is 6.61 Å². The van der Waals surface area contributed by atoms with E-state index in [9.17, 15) is 9.90 Å². The molecule has 0 heterocycles. The van der Waals surface area contributed by atoms with E-state index in [1.807, 2.05) is 0 Å². The molecule has 2 fully saturated rings. The molecule has 2 rings (SSSR count). The number of ether oxygens (including phenoxy) is 1. The van der Waals surface area contributed by atoms with Crippen LogP contribution in [0.2, 0.25) is 0 Å². The van der Waals surface area contributed by atoms with E-state index in [4.69, 9.17) is 10.5 Å². The molecule has 0 aromatic carbocycles. The second-order valence-corrected chi connectivity index (χ2v) is 7.47. The Morgan fingerprint density at radius 1 is 1.42 bits per heavy atom. The molecule has 4 nitrogen and oxygen atoms in total. The Morgan fingerprint density at radius 3 is 2.53 bits per heavy atom. The van der Waals surface area contributed by atoms with Gasteiger partial charge in [-0.05, 0) is 49.4 Å². The van der Waals surface area contributed by atoms with Gasteiger partial charge in [0.1, 0.15) is 5.54 Å². The van der Waals surface area contributed by atoms with Crippen LogP contribution in [0.1, 0.15) is 52.9 Å². The van der Waals surface area contributed by atoms with Gasteiger partial charge < -0.3 is 15.6 Å². The minimum atomic E-state index is -1.18. The molecule has 2 aliphatic rings. The van der Waals surface area contributed by atoms with Gasteiger partial charge in [0.2, 0.25) is 0 Å². The van der Waals surface area contributed by atoms with Gasteiger partial charge in [-0.3, -0.25) is 4.79 Å². The van der Waals surface area contributed by atoms with Crippen LogP contribution in [0.5, 0.6) is 0 Å². The van der Waals surface area contributed by atoms with Crippen molar-refractivity contribution >= 4 is 5.97 Å². The summed E-state index contributed by atoms with van der Waals surface area (Å²) in [6.07, 6.45) is 5.21. The summed E-state index contributed by atoms with van der Waals surface area (Å²) >= 11 is 0. The maximum atomic E-state index is 11.4. The Bertz CT molecular complexity index is 351. The van der Waals surface area contributed by atoms with Crippen molar-refractivity contribution in [3.8, 4) is 0 Å². The molecule has 3 unspecified atom stereocenters. The van der Waals surface area contributed by atoms with Crippen LogP contribution in [0.15, 0.2) is 0 Å². The Labute approximate surface area is 115 Å². The number of hydrogen-bond acceptors (Lipinski definition) is 3. The number of hydrogen-bond donors (Lipinski definition) is 2. The normalized spacial score (nSPS) is 33.7. The smallest absolute Gasteiger partial charge is 0.326 e. The summed E-state index contributed by atoms with van der Waals surface area (Å²) in [7, 11) is 0. The van der Waals surface area contributed by atoms with E-state index >= 15 is 0 Å². The van der Waals surface area contributed by atoms with Gasteiger partial charge in [0.15, 0.2) is 0 Å². The maximum absolute atomic E-state index is 11.4. The molecule has 0 bridgehead atoms. The van der Waals surface area contributed by atoms with Crippen LogP contribution in [0, 0.1) is 17.3 Å². The number of carbonyl (C=O) groups is 1. The van der Waals surface area contributed by atoms with Gasteiger partial charge in [0.05, 0.1) is 12.7 Å². The number of carboxylic acids is 1. The molecule has 2 aliphatic carbocycles. The zero-order valence-electron chi connectivity index (χ0n) is 12.3. The molecular weight excluding hydrogens is 242 g/mol. The van der Waals surface area contributed by atoms with E-state index in [1.54, 1.807) is 0 Å². The van der Waals surface area contributed by atoms with E-state index in [0.717, 1.165) is 25.7 Å². The lowest BCUT2D eigenvalue weighted by Crippen LogP contribution is -2.55. The molecule has 0 spiro atoms. The molecule has 0 saturated heterocycles. The predicted octanol–water partition coefficient (Wildman–Crippen LogP) is 2.41. The van der Waals surface area contributed by atoms with Crippen LogP contribution in [0.4, 0.5) is 0 Å². The largest absolute Gasteiger partial charge is 0.480 e. The zero-order valence-corrected chi connectivity index (χ0v) is 12.3. The number of nitrogens with two attached hydrogens (primary N) is 1. The minimum absolute atomic E-state index is 0.0963. The average Bonchev–Trinajstić information content (AvgIpc) is 3.06. The topological polar surface area (TPSA) is 72.5 Å². The van der Waals surface area contributed by atoms with Crippen molar-refractivity contribution in [3.05, 3.63) is 0 Å². The molecule has 0 aliphatic heterocycles. The monoisotopic (exact) mass is 269 g/mol. The highest BCUT2D eigenvalue weighted by atomic mass is 16.5. The van der Waals surface area contributed by atoms with Crippen LogP contribution in [0.25, 0.3) is 0 Å². The first kappa shape index (κ1) is 14.8. The summed E-state index contributed by atoms with van der Waals surface area (Å²) < 4.78 is 5.91. The zero-order chi connectivity index (χ0) is 14.3. The Morgan fingerprint density at radius 2 is 2.05 bits per heavy atom. The van der Waals surface area contributed by atoms with Gasteiger partial charge in [0, 0.05) is 0 Å². The van der Waals surface area contributed by atoms with E-state index < -0.39 is 11.5 Å². The second-order valence-electron chi connectivity index (χ2n) is 7.47. The summed E-state index contributed by atoms with van der Waals surface area (Å²) in [4.78, 5) is 11.4. The second kappa shape index (κ2) is 5.06. The van der Waals surface area contributed by atoms with Crippen molar-refractivity contribution in [2.24, 2.45) is 23.0 Å². The Kier molecular flexibility index (Phi) is 3.94. The van der Waals surface area contributed by atoms with Crippen LogP contribution in [-0.4, -0.2) is 29.3 Å². The first-order valence-electron chi connectivity index (χ1n) is 7.37. The third-order valence-electron chi connectivity index (χ3n) is 4.61. The van der Waals surface area contributed by atoms with Crippen LogP contribution in [-0.2, 0) is 9.53 Å². The Hall–Kier alpha value is -0.610. The molecule has 0 aromatic heterocycles. The summed E-state index contributed by atoms with van der Waals surface area (Å²) in [6.45, 7) is 6.91. The summed E-state index contributed by atoms with van der Waals surface area (Å²) in [5.74, 6) is -0.191. The van der Waals surface area contributed by atoms with Gasteiger partial charge in [-0.25, -0.2) is 0 Å². The molecule has 3 N–H and O–H groups in total. The van der Waals surface area contributed by atoms with Gasteiger partial charge in [-0.15, -0.1) is 0 Å². The predicted molar refractivity (Wildman–Crippen MR) is 73.8 cm³/mol. The van der Waals surface area contributed by atoms with Crippen molar-refractivity contribution < 1.29 is 14.6 Å². The van der Waals surface area contributed by atoms with Gasteiger partial charge >= 0.3 is 5.97 Å². The van der Waals surface area contributed by atoms with Crippen LogP contribution >= 0.6 is 0 Å². The molecule has 0 radical (unpaired) electrons. The first-order valence-corrected chi connectivity index (χ1v) is 7.37. The number of rotatable bonds is 5. The SMILES string of the molecule is CC1CC(OCC(N)(C(=O)O)C2CC2)CC(C)(C)C1. The van der Waals surface area contributed by atoms with Crippen molar-refractivity contribution in [3.63, 3.8) is 0 Å². The highest BCUT2D eigenvalue weighted by Gasteiger charge is 2.49. The van der Waals surface area contributed by atoms with E-state index in [1.165, 1.54) is 6.42 Å². The van der Waals surface area contributed by atoms with Crippen molar-refractivity contribution in [2.45, 2.75) is 64.5 Å². The van der Waals surface area contributed by atoms with Crippen LogP contribution in [0.3, 0.4) is 0 Å². The summed E-state index contributed by atoms with van der Waals surface area (Å²) in [5, 5.41) is 9.32. The van der Waals surface area contributed by atoms with Gasteiger partial charge in [-0.2, -0.15) is 0 Å². The molecular formula is C15H27NO3. The third-order valence-corrected chi connectivity index (χ3v) is 4.61.